The van der Waals surface area contributed by atoms with Crippen LogP contribution in [0.3, 0.4) is 0 Å². The number of hydrogen-bond acceptors (Lipinski definition) is 4. The summed E-state index contributed by atoms with van der Waals surface area (Å²) in [5.41, 5.74) is 5.96. The molecule has 2 rings (SSSR count). The van der Waals surface area contributed by atoms with E-state index in [9.17, 15) is 9.59 Å². The van der Waals surface area contributed by atoms with Gasteiger partial charge in [0.05, 0.1) is 13.2 Å². The van der Waals surface area contributed by atoms with Crippen LogP contribution in [0.1, 0.15) is 18.4 Å². The zero-order chi connectivity index (χ0) is 16.8. The van der Waals surface area contributed by atoms with E-state index in [0.29, 0.717) is 22.9 Å². The van der Waals surface area contributed by atoms with Gasteiger partial charge >= 0.3 is 12.0 Å². The number of amides is 2. The van der Waals surface area contributed by atoms with Crippen LogP contribution in [0, 0.1) is 0 Å². The molecule has 0 radical (unpaired) electrons. The van der Waals surface area contributed by atoms with Gasteiger partial charge in [0, 0.05) is 23.2 Å². The standard InChI is InChI=1S/C16H19ClN2O4/c1-22-14-6-5-12(17)9-11(14)4-7-15(20)23-10-13-3-2-8-19(13)16(18)21/h4-7,9,13H,2-3,8,10H2,1H3,(H2,18,21)/b7-4-/t13-/m0/s1. The fraction of sp³-hybridized carbons (Fsp3) is 0.375. The van der Waals surface area contributed by atoms with Crippen molar-refractivity contribution in [1.82, 2.24) is 4.90 Å². The van der Waals surface area contributed by atoms with Crippen molar-refractivity contribution >= 4 is 29.7 Å². The van der Waals surface area contributed by atoms with Crippen molar-refractivity contribution in [3.05, 3.63) is 34.9 Å². The van der Waals surface area contributed by atoms with Crippen molar-refractivity contribution in [3.8, 4) is 5.75 Å². The lowest BCUT2D eigenvalue weighted by Gasteiger charge is -2.21. The Morgan fingerprint density at radius 3 is 2.96 bits per heavy atom. The number of nitrogens with two attached hydrogens (primary N) is 1. The number of carbonyl (C=O) groups excluding carboxylic acids is 2. The average molecular weight is 339 g/mol. The molecule has 1 saturated heterocycles. The van der Waals surface area contributed by atoms with Gasteiger partial charge in [0.15, 0.2) is 0 Å². The summed E-state index contributed by atoms with van der Waals surface area (Å²) in [5.74, 6) is 0.109. The molecule has 1 atom stereocenters. The highest BCUT2D eigenvalue weighted by atomic mass is 35.5. The first-order valence-electron chi connectivity index (χ1n) is 7.25. The molecule has 0 bridgehead atoms. The fourth-order valence-corrected chi connectivity index (χ4v) is 2.70. The Balaban J connectivity index is 1.92. The molecule has 0 unspecified atom stereocenters. The maximum absolute atomic E-state index is 11.8. The van der Waals surface area contributed by atoms with Crippen molar-refractivity contribution < 1.29 is 19.1 Å². The Morgan fingerprint density at radius 1 is 1.48 bits per heavy atom. The number of hydrogen-bond donors (Lipinski definition) is 1. The molecular weight excluding hydrogens is 320 g/mol. The average Bonchev–Trinajstić information content (AvgIpc) is 3.00. The Labute approximate surface area is 139 Å². The van der Waals surface area contributed by atoms with Gasteiger partial charge < -0.3 is 20.1 Å². The van der Waals surface area contributed by atoms with Crippen LogP contribution in [0.25, 0.3) is 6.08 Å². The molecule has 1 heterocycles. The van der Waals surface area contributed by atoms with Crippen LogP contribution in [0.15, 0.2) is 24.3 Å². The molecule has 7 heteroatoms. The second-order valence-corrected chi connectivity index (χ2v) is 5.61. The van der Waals surface area contributed by atoms with Crippen molar-refractivity contribution in [2.75, 3.05) is 20.3 Å². The first-order chi connectivity index (χ1) is 11.0. The molecule has 2 N–H and O–H groups in total. The third-order valence-electron chi connectivity index (χ3n) is 3.67. The molecule has 0 aromatic heterocycles. The molecule has 1 aromatic carbocycles. The predicted molar refractivity (Wildman–Crippen MR) is 87.3 cm³/mol. The second kappa shape index (κ2) is 7.87. The van der Waals surface area contributed by atoms with Crippen LogP contribution >= 0.6 is 11.6 Å². The van der Waals surface area contributed by atoms with E-state index in [4.69, 9.17) is 26.8 Å². The summed E-state index contributed by atoms with van der Waals surface area (Å²) in [6.45, 7) is 0.742. The Kier molecular flexibility index (Phi) is 5.87. The highest BCUT2D eigenvalue weighted by Gasteiger charge is 2.27. The van der Waals surface area contributed by atoms with Crippen LogP contribution in [0.4, 0.5) is 4.79 Å². The predicted octanol–water partition coefficient (Wildman–Crippen LogP) is 2.45. The number of carbonyl (C=O) groups is 2. The zero-order valence-corrected chi connectivity index (χ0v) is 13.6. The van der Waals surface area contributed by atoms with Crippen LogP contribution in [-0.2, 0) is 9.53 Å². The fourth-order valence-electron chi connectivity index (χ4n) is 2.52. The minimum Gasteiger partial charge on any atom is -0.496 e. The van der Waals surface area contributed by atoms with Gasteiger partial charge in [-0.1, -0.05) is 11.6 Å². The first-order valence-corrected chi connectivity index (χ1v) is 7.63. The molecule has 2 amide bonds. The van der Waals surface area contributed by atoms with Gasteiger partial charge in [0.2, 0.25) is 0 Å². The number of primary amides is 1. The lowest BCUT2D eigenvalue weighted by Crippen LogP contribution is -2.41. The number of benzene rings is 1. The molecule has 1 aliphatic rings. The first kappa shape index (κ1) is 17.1. The normalized spacial score (nSPS) is 17.5. The summed E-state index contributed by atoms with van der Waals surface area (Å²) in [6.07, 6.45) is 4.52. The monoisotopic (exact) mass is 338 g/mol. The van der Waals surface area contributed by atoms with Crippen LogP contribution in [0.2, 0.25) is 5.02 Å². The summed E-state index contributed by atoms with van der Waals surface area (Å²) in [7, 11) is 1.54. The summed E-state index contributed by atoms with van der Waals surface area (Å²) in [4.78, 5) is 24.6. The summed E-state index contributed by atoms with van der Waals surface area (Å²) in [6, 6.07) is 4.48. The topological polar surface area (TPSA) is 81.9 Å². The highest BCUT2D eigenvalue weighted by molar-refractivity contribution is 6.30. The van der Waals surface area contributed by atoms with Crippen LogP contribution in [-0.4, -0.2) is 43.2 Å². The van der Waals surface area contributed by atoms with E-state index in [-0.39, 0.29) is 12.6 Å². The number of halogens is 1. The number of rotatable bonds is 5. The molecule has 6 nitrogen and oxygen atoms in total. The maximum Gasteiger partial charge on any atom is 0.330 e. The quantitative estimate of drug-likeness (QED) is 0.660. The number of esters is 1. The third-order valence-corrected chi connectivity index (χ3v) is 3.90. The smallest absolute Gasteiger partial charge is 0.330 e. The van der Waals surface area contributed by atoms with Gasteiger partial charge in [0.1, 0.15) is 12.4 Å². The molecular formula is C16H19ClN2O4. The van der Waals surface area contributed by atoms with Gasteiger partial charge in [-0.05, 0) is 37.1 Å². The van der Waals surface area contributed by atoms with Gasteiger partial charge in [0.25, 0.3) is 0 Å². The summed E-state index contributed by atoms with van der Waals surface area (Å²) in [5, 5.41) is 0.543. The van der Waals surface area contributed by atoms with Crippen LogP contribution in [0.5, 0.6) is 5.75 Å². The van der Waals surface area contributed by atoms with E-state index in [1.165, 1.54) is 18.1 Å². The van der Waals surface area contributed by atoms with Crippen molar-refractivity contribution in [2.45, 2.75) is 18.9 Å². The SMILES string of the molecule is COc1ccc(Cl)cc1/C=C\C(=O)OC[C@@H]1CCCN1C(N)=O. The van der Waals surface area contributed by atoms with Crippen LogP contribution < -0.4 is 10.5 Å². The van der Waals surface area contributed by atoms with Crippen molar-refractivity contribution in [1.29, 1.82) is 0 Å². The molecule has 0 aliphatic carbocycles. The maximum atomic E-state index is 11.8. The molecule has 0 saturated carbocycles. The van der Waals surface area contributed by atoms with Crippen molar-refractivity contribution in [3.63, 3.8) is 0 Å². The molecule has 1 fully saturated rings. The molecule has 1 aromatic rings. The minimum absolute atomic E-state index is 0.138. The van der Waals surface area contributed by atoms with Gasteiger partial charge in [-0.3, -0.25) is 0 Å². The number of ether oxygens (including phenoxy) is 2. The van der Waals surface area contributed by atoms with Gasteiger partial charge in [-0.2, -0.15) is 0 Å². The number of nitrogens with zero attached hydrogens (tertiary/aromatic N) is 1. The molecule has 0 spiro atoms. The highest BCUT2D eigenvalue weighted by Crippen LogP contribution is 2.24. The third kappa shape index (κ3) is 4.63. The van der Waals surface area contributed by atoms with Gasteiger partial charge in [-0.25, -0.2) is 9.59 Å². The van der Waals surface area contributed by atoms with E-state index >= 15 is 0 Å². The number of urea groups is 1. The largest absolute Gasteiger partial charge is 0.496 e. The number of likely N-dealkylation sites (tertiary alicyclic amines) is 1. The number of methoxy groups -OCH3 is 1. The summed E-state index contributed by atoms with van der Waals surface area (Å²) < 4.78 is 10.4. The summed E-state index contributed by atoms with van der Waals surface area (Å²) >= 11 is 5.93. The zero-order valence-electron chi connectivity index (χ0n) is 12.8. The van der Waals surface area contributed by atoms with Crippen molar-refractivity contribution in [2.24, 2.45) is 5.73 Å². The minimum atomic E-state index is -0.497. The molecule has 23 heavy (non-hydrogen) atoms. The van der Waals surface area contributed by atoms with Gasteiger partial charge in [-0.15, -0.1) is 0 Å². The van der Waals surface area contributed by atoms with E-state index in [0.717, 1.165) is 12.8 Å². The molecule has 124 valence electrons. The van der Waals surface area contributed by atoms with E-state index in [2.05, 4.69) is 0 Å². The Bertz CT molecular complexity index is 618. The second-order valence-electron chi connectivity index (χ2n) is 5.18. The lowest BCUT2D eigenvalue weighted by atomic mass is 10.2. The molecule has 1 aliphatic heterocycles. The lowest BCUT2D eigenvalue weighted by molar-refractivity contribution is -0.138. The van der Waals surface area contributed by atoms with E-state index < -0.39 is 12.0 Å². The van der Waals surface area contributed by atoms with E-state index in [1.54, 1.807) is 24.3 Å². The Morgan fingerprint density at radius 2 is 2.26 bits per heavy atom. The van der Waals surface area contributed by atoms with E-state index in [1.807, 2.05) is 0 Å². The Hall–Kier alpha value is -2.21.